The predicted molar refractivity (Wildman–Crippen MR) is 36.8 cm³/mol. The van der Waals surface area contributed by atoms with Crippen LogP contribution in [-0.2, 0) is 20.3 Å². The van der Waals surface area contributed by atoms with E-state index in [0.29, 0.717) is 0 Å². The van der Waals surface area contributed by atoms with Gasteiger partial charge < -0.3 is 14.5 Å². The standard InChI is InChI=1S/C3H7NO4S2/c4-2(1-9)3(5)8-10(6)7/h2,9H,1,4H2,(H,6,7)/p-1/t2-/m0/s1. The molecule has 5 nitrogen and oxygen atoms in total. The smallest absolute Gasteiger partial charge is 0.336 e. The average molecular weight is 184 g/mol. The monoisotopic (exact) mass is 184 g/mol. The van der Waals surface area contributed by atoms with E-state index in [0.717, 1.165) is 0 Å². The Hall–Kier alpha value is -0.110. The Morgan fingerprint density at radius 3 is 2.70 bits per heavy atom. The van der Waals surface area contributed by atoms with Crippen LogP contribution in [0.3, 0.4) is 0 Å². The van der Waals surface area contributed by atoms with Crippen LogP contribution in [0.2, 0.25) is 0 Å². The second kappa shape index (κ2) is 4.67. The molecule has 0 spiro atoms. The Labute approximate surface area is 65.8 Å². The Kier molecular flexibility index (Phi) is 4.62. The van der Waals surface area contributed by atoms with Gasteiger partial charge in [-0.15, -0.1) is 0 Å². The lowest BCUT2D eigenvalue weighted by Crippen LogP contribution is -2.34. The number of carbonyl (C=O) groups excluding carboxylic acids is 1. The van der Waals surface area contributed by atoms with Gasteiger partial charge in [0.25, 0.3) is 0 Å². The lowest BCUT2D eigenvalue weighted by molar-refractivity contribution is -0.134. The molecule has 0 aliphatic carbocycles. The second-order valence-electron chi connectivity index (χ2n) is 1.40. The molecule has 0 saturated heterocycles. The largest absolute Gasteiger partial charge is 0.740 e. The van der Waals surface area contributed by atoms with Crippen molar-refractivity contribution in [3.8, 4) is 0 Å². The molecule has 0 aromatic heterocycles. The zero-order valence-electron chi connectivity index (χ0n) is 4.85. The van der Waals surface area contributed by atoms with Crippen LogP contribution < -0.4 is 5.73 Å². The zero-order valence-corrected chi connectivity index (χ0v) is 6.56. The molecule has 0 bridgehead atoms. The fourth-order valence-corrected chi connectivity index (χ4v) is 0.610. The van der Waals surface area contributed by atoms with Crippen molar-refractivity contribution in [1.29, 1.82) is 0 Å². The van der Waals surface area contributed by atoms with E-state index in [1.165, 1.54) is 0 Å². The molecule has 10 heavy (non-hydrogen) atoms. The van der Waals surface area contributed by atoms with Crippen molar-refractivity contribution in [2.75, 3.05) is 5.75 Å². The van der Waals surface area contributed by atoms with Crippen LogP contribution >= 0.6 is 12.6 Å². The van der Waals surface area contributed by atoms with E-state index in [1.54, 1.807) is 0 Å². The Morgan fingerprint density at radius 1 is 1.90 bits per heavy atom. The zero-order chi connectivity index (χ0) is 8.15. The number of nitrogens with two attached hydrogens (primary N) is 1. The van der Waals surface area contributed by atoms with Crippen molar-refractivity contribution in [3.05, 3.63) is 0 Å². The van der Waals surface area contributed by atoms with Gasteiger partial charge in [0.2, 0.25) is 0 Å². The highest BCUT2D eigenvalue weighted by Crippen LogP contribution is 1.89. The van der Waals surface area contributed by atoms with Crippen LogP contribution in [0.4, 0.5) is 0 Å². The molecule has 0 fully saturated rings. The summed E-state index contributed by atoms with van der Waals surface area (Å²) in [6.45, 7) is 0. The van der Waals surface area contributed by atoms with Crippen molar-refractivity contribution in [1.82, 2.24) is 0 Å². The molecule has 60 valence electrons. The molecule has 2 N–H and O–H groups in total. The molecular weight excluding hydrogens is 178 g/mol. The third-order valence-electron chi connectivity index (χ3n) is 0.650. The predicted octanol–water partition coefficient (Wildman–Crippen LogP) is -1.42. The van der Waals surface area contributed by atoms with Gasteiger partial charge in [-0.25, -0.2) is 9.00 Å². The van der Waals surface area contributed by atoms with Crippen molar-refractivity contribution >= 4 is 30.0 Å². The summed E-state index contributed by atoms with van der Waals surface area (Å²) in [6, 6.07) is -0.985. The second-order valence-corrected chi connectivity index (χ2v) is 2.34. The van der Waals surface area contributed by atoms with Gasteiger partial charge in [0, 0.05) is 5.75 Å². The molecule has 0 saturated carbocycles. The van der Waals surface area contributed by atoms with Gasteiger partial charge in [-0.1, -0.05) is 0 Å². The van der Waals surface area contributed by atoms with Gasteiger partial charge in [0.15, 0.2) is 0 Å². The molecular formula is C3H6NO4S2-. The van der Waals surface area contributed by atoms with E-state index in [1.807, 2.05) is 0 Å². The minimum atomic E-state index is -2.83. The fourth-order valence-electron chi connectivity index (χ4n) is 0.203. The van der Waals surface area contributed by atoms with E-state index >= 15 is 0 Å². The number of carbonyl (C=O) groups is 1. The fraction of sp³-hybridized carbons (Fsp3) is 0.667. The minimum absolute atomic E-state index is 0.0516. The molecule has 0 aromatic carbocycles. The molecule has 0 aliphatic heterocycles. The lowest BCUT2D eigenvalue weighted by Gasteiger charge is -2.08. The molecule has 0 aromatic rings. The Balaban J connectivity index is 3.73. The van der Waals surface area contributed by atoms with Crippen LogP contribution in [0.15, 0.2) is 0 Å². The highest BCUT2D eigenvalue weighted by atomic mass is 32.2. The highest BCUT2D eigenvalue weighted by Gasteiger charge is 2.12. The number of rotatable bonds is 3. The first-order valence-electron chi connectivity index (χ1n) is 2.25. The summed E-state index contributed by atoms with van der Waals surface area (Å²) < 4.78 is 23.1. The third kappa shape index (κ3) is 3.83. The van der Waals surface area contributed by atoms with Crippen LogP contribution in [0.1, 0.15) is 0 Å². The molecule has 0 heterocycles. The van der Waals surface area contributed by atoms with Crippen LogP contribution in [0, 0.1) is 0 Å². The molecule has 2 atom stereocenters. The first-order valence-corrected chi connectivity index (χ1v) is 3.89. The summed E-state index contributed by atoms with van der Waals surface area (Å²) in [6.07, 6.45) is 0. The van der Waals surface area contributed by atoms with Crippen molar-refractivity contribution in [2.24, 2.45) is 5.73 Å². The summed E-state index contributed by atoms with van der Waals surface area (Å²) in [4.78, 5) is 10.4. The molecule has 0 amide bonds. The van der Waals surface area contributed by atoms with Crippen LogP contribution in [-0.4, -0.2) is 26.5 Å². The maximum Gasteiger partial charge on any atom is 0.336 e. The van der Waals surface area contributed by atoms with E-state index < -0.39 is 23.4 Å². The normalized spacial score (nSPS) is 15.9. The summed E-state index contributed by atoms with van der Waals surface area (Å²) in [5.74, 6) is -0.945. The van der Waals surface area contributed by atoms with E-state index in [4.69, 9.17) is 5.73 Å². The summed E-state index contributed by atoms with van der Waals surface area (Å²) >= 11 is 0.819. The highest BCUT2D eigenvalue weighted by molar-refractivity contribution is 7.80. The Morgan fingerprint density at radius 2 is 2.40 bits per heavy atom. The molecule has 7 heteroatoms. The van der Waals surface area contributed by atoms with Gasteiger partial charge in [-0.05, 0) is 0 Å². The van der Waals surface area contributed by atoms with E-state index in [2.05, 4.69) is 16.8 Å². The maximum absolute atomic E-state index is 10.4. The van der Waals surface area contributed by atoms with E-state index in [9.17, 15) is 13.6 Å². The van der Waals surface area contributed by atoms with Crippen LogP contribution in [0.25, 0.3) is 0 Å². The number of hydrogen-bond donors (Lipinski definition) is 2. The van der Waals surface area contributed by atoms with Gasteiger partial charge in [0.05, 0.1) is 0 Å². The van der Waals surface area contributed by atoms with Gasteiger partial charge in [-0.3, -0.25) is 0 Å². The topological polar surface area (TPSA) is 92.5 Å². The quantitative estimate of drug-likeness (QED) is 0.415. The lowest BCUT2D eigenvalue weighted by atomic mass is 10.4. The van der Waals surface area contributed by atoms with Gasteiger partial charge >= 0.3 is 5.97 Å². The molecule has 0 rings (SSSR count). The third-order valence-corrected chi connectivity index (χ3v) is 1.34. The molecule has 0 radical (unpaired) electrons. The SMILES string of the molecule is N[C@@H](CS)C(=O)OS(=O)[O-]. The van der Waals surface area contributed by atoms with Crippen LogP contribution in [0.5, 0.6) is 0 Å². The van der Waals surface area contributed by atoms with Gasteiger partial charge in [-0.2, -0.15) is 12.6 Å². The summed E-state index contributed by atoms with van der Waals surface area (Å²) in [7, 11) is 0. The van der Waals surface area contributed by atoms with E-state index in [-0.39, 0.29) is 5.75 Å². The van der Waals surface area contributed by atoms with Crippen molar-refractivity contribution in [3.63, 3.8) is 0 Å². The Bertz CT molecular complexity index is 149. The first-order chi connectivity index (χ1) is 4.57. The summed E-state index contributed by atoms with van der Waals surface area (Å²) in [5, 5.41) is 0. The summed E-state index contributed by atoms with van der Waals surface area (Å²) in [5.41, 5.74) is 5.04. The first kappa shape index (κ1) is 9.89. The van der Waals surface area contributed by atoms with Crippen molar-refractivity contribution < 1.29 is 17.7 Å². The molecule has 0 aliphatic rings. The maximum atomic E-state index is 10.4. The number of hydrogen-bond acceptors (Lipinski definition) is 6. The molecule has 1 unspecified atom stereocenters. The average Bonchev–Trinajstić information content (AvgIpc) is 1.85. The minimum Gasteiger partial charge on any atom is -0.740 e. The van der Waals surface area contributed by atoms with Gasteiger partial charge in [0.1, 0.15) is 17.4 Å². The van der Waals surface area contributed by atoms with Crippen molar-refractivity contribution in [2.45, 2.75) is 6.04 Å². The number of thiol groups is 1.